The first-order chi connectivity index (χ1) is 11.7. The SMILES string of the molecule is O=C1C[C@@H](c2ccccc2)[C@@H]2C(=O)C[C@@H](C(=O)c3ccccc3)[C@H]12. The first-order valence-electron chi connectivity index (χ1n) is 8.36. The minimum Gasteiger partial charge on any atom is -0.299 e. The van der Waals surface area contributed by atoms with E-state index in [4.69, 9.17) is 0 Å². The fraction of sp³-hybridized carbons (Fsp3) is 0.286. The molecule has 120 valence electrons. The van der Waals surface area contributed by atoms with Gasteiger partial charge >= 0.3 is 0 Å². The molecule has 2 aliphatic rings. The van der Waals surface area contributed by atoms with Gasteiger partial charge in [0.2, 0.25) is 0 Å². The van der Waals surface area contributed by atoms with E-state index in [9.17, 15) is 14.4 Å². The molecule has 0 aromatic heterocycles. The summed E-state index contributed by atoms with van der Waals surface area (Å²) in [6, 6.07) is 18.7. The van der Waals surface area contributed by atoms with Crippen LogP contribution in [0.5, 0.6) is 0 Å². The van der Waals surface area contributed by atoms with E-state index in [1.165, 1.54) is 0 Å². The second kappa shape index (κ2) is 5.82. The first kappa shape index (κ1) is 15.0. The monoisotopic (exact) mass is 318 g/mol. The van der Waals surface area contributed by atoms with Crippen LogP contribution < -0.4 is 0 Å². The molecule has 2 aliphatic carbocycles. The van der Waals surface area contributed by atoms with E-state index in [-0.39, 0.29) is 35.6 Å². The molecule has 0 radical (unpaired) electrons. The molecule has 0 spiro atoms. The summed E-state index contributed by atoms with van der Waals surface area (Å²) in [6.45, 7) is 0. The molecule has 0 amide bonds. The van der Waals surface area contributed by atoms with Gasteiger partial charge in [0.1, 0.15) is 11.6 Å². The van der Waals surface area contributed by atoms with Crippen molar-refractivity contribution in [3.63, 3.8) is 0 Å². The maximum atomic E-state index is 12.8. The van der Waals surface area contributed by atoms with Crippen LogP contribution in [-0.4, -0.2) is 17.3 Å². The van der Waals surface area contributed by atoms with Crippen LogP contribution in [0, 0.1) is 17.8 Å². The highest BCUT2D eigenvalue weighted by Gasteiger charge is 2.56. The van der Waals surface area contributed by atoms with Crippen LogP contribution in [0.2, 0.25) is 0 Å². The molecule has 0 bridgehead atoms. The minimum absolute atomic E-state index is 0.0639. The normalized spacial score (nSPS) is 28.8. The van der Waals surface area contributed by atoms with E-state index in [0.717, 1.165) is 5.56 Å². The Labute approximate surface area is 140 Å². The van der Waals surface area contributed by atoms with Crippen molar-refractivity contribution >= 4 is 17.3 Å². The second-order valence-electron chi connectivity index (χ2n) is 6.75. The summed E-state index contributed by atoms with van der Waals surface area (Å²) in [4.78, 5) is 38.1. The third kappa shape index (κ3) is 2.32. The molecule has 24 heavy (non-hydrogen) atoms. The van der Waals surface area contributed by atoms with Gasteiger partial charge in [-0.2, -0.15) is 0 Å². The van der Waals surface area contributed by atoms with Gasteiger partial charge in [0, 0.05) is 42.1 Å². The topological polar surface area (TPSA) is 51.2 Å². The van der Waals surface area contributed by atoms with Crippen LogP contribution in [0.1, 0.15) is 34.7 Å². The predicted octanol–water partition coefficient (Wildman–Crippen LogP) is 3.45. The third-order valence-electron chi connectivity index (χ3n) is 5.46. The summed E-state index contributed by atoms with van der Waals surface area (Å²) >= 11 is 0. The van der Waals surface area contributed by atoms with Crippen LogP contribution in [0.3, 0.4) is 0 Å². The second-order valence-corrected chi connectivity index (χ2v) is 6.75. The van der Waals surface area contributed by atoms with Crippen molar-refractivity contribution in [2.45, 2.75) is 18.8 Å². The lowest BCUT2D eigenvalue weighted by molar-refractivity contribution is -0.124. The lowest BCUT2D eigenvalue weighted by atomic mass is 9.82. The zero-order valence-corrected chi connectivity index (χ0v) is 13.2. The van der Waals surface area contributed by atoms with E-state index < -0.39 is 11.8 Å². The van der Waals surface area contributed by atoms with Crippen LogP contribution in [0.25, 0.3) is 0 Å². The molecular formula is C21H18O3. The fourth-order valence-electron chi connectivity index (χ4n) is 4.41. The van der Waals surface area contributed by atoms with Gasteiger partial charge in [0.05, 0.1) is 0 Å². The number of carbonyl (C=O) groups is 3. The largest absolute Gasteiger partial charge is 0.299 e. The first-order valence-corrected chi connectivity index (χ1v) is 8.36. The Morgan fingerprint density at radius 2 is 1.33 bits per heavy atom. The van der Waals surface area contributed by atoms with E-state index >= 15 is 0 Å². The molecule has 0 heterocycles. The predicted molar refractivity (Wildman–Crippen MR) is 89.7 cm³/mol. The number of ketones is 3. The zero-order chi connectivity index (χ0) is 16.7. The van der Waals surface area contributed by atoms with Gasteiger partial charge in [0.15, 0.2) is 5.78 Å². The van der Waals surface area contributed by atoms with Gasteiger partial charge in [-0.25, -0.2) is 0 Å². The molecule has 2 saturated carbocycles. The number of hydrogen-bond donors (Lipinski definition) is 0. The molecule has 4 atom stereocenters. The summed E-state index contributed by atoms with van der Waals surface area (Å²) in [5.41, 5.74) is 1.62. The fourth-order valence-corrected chi connectivity index (χ4v) is 4.41. The average molecular weight is 318 g/mol. The average Bonchev–Trinajstić information content (AvgIpc) is 3.15. The molecule has 0 aliphatic heterocycles. The number of Topliss-reactive ketones (excluding diaryl/α,β-unsaturated/α-hetero) is 3. The van der Waals surface area contributed by atoms with Gasteiger partial charge in [-0.3, -0.25) is 14.4 Å². The standard InChI is InChI=1S/C21H18O3/c22-17-11-15(13-7-3-1-4-8-13)19-18(23)12-16(20(17)19)21(24)14-9-5-2-6-10-14/h1-10,15-16,19-20H,11-12H2/t15-,16+,19+,20+/m0/s1. The zero-order valence-electron chi connectivity index (χ0n) is 13.2. The van der Waals surface area contributed by atoms with E-state index in [1.54, 1.807) is 12.1 Å². The maximum absolute atomic E-state index is 12.8. The molecule has 0 N–H and O–H groups in total. The summed E-state index contributed by atoms with van der Waals surface area (Å²) in [5, 5.41) is 0. The van der Waals surface area contributed by atoms with Gasteiger partial charge < -0.3 is 0 Å². The quantitative estimate of drug-likeness (QED) is 0.815. The van der Waals surface area contributed by atoms with Crippen LogP contribution in [0.15, 0.2) is 60.7 Å². The lowest BCUT2D eigenvalue weighted by Gasteiger charge is -2.18. The number of benzene rings is 2. The van der Waals surface area contributed by atoms with Crippen molar-refractivity contribution in [3.05, 3.63) is 71.8 Å². The summed E-state index contributed by atoms with van der Waals surface area (Å²) in [6.07, 6.45) is 0.557. The van der Waals surface area contributed by atoms with Crippen molar-refractivity contribution < 1.29 is 14.4 Å². The Balaban J connectivity index is 1.67. The highest BCUT2D eigenvalue weighted by molar-refractivity contribution is 6.08. The number of carbonyl (C=O) groups excluding carboxylic acids is 3. The van der Waals surface area contributed by atoms with Gasteiger partial charge in [-0.05, 0) is 5.56 Å². The Morgan fingerprint density at radius 1 is 0.750 bits per heavy atom. The third-order valence-corrected chi connectivity index (χ3v) is 5.46. The maximum Gasteiger partial charge on any atom is 0.167 e. The molecule has 2 fully saturated rings. The van der Waals surface area contributed by atoms with Gasteiger partial charge in [-0.15, -0.1) is 0 Å². The molecule has 2 aromatic rings. The van der Waals surface area contributed by atoms with Crippen molar-refractivity contribution in [3.8, 4) is 0 Å². The lowest BCUT2D eigenvalue weighted by Crippen LogP contribution is -2.25. The van der Waals surface area contributed by atoms with Crippen LogP contribution in [0.4, 0.5) is 0 Å². The highest BCUT2D eigenvalue weighted by Crippen LogP contribution is 2.51. The molecule has 3 heteroatoms. The molecule has 2 aromatic carbocycles. The van der Waals surface area contributed by atoms with E-state index in [1.807, 2.05) is 48.5 Å². The Hall–Kier alpha value is -2.55. The van der Waals surface area contributed by atoms with Crippen LogP contribution in [-0.2, 0) is 9.59 Å². The van der Waals surface area contributed by atoms with Crippen LogP contribution >= 0.6 is 0 Å². The van der Waals surface area contributed by atoms with E-state index in [0.29, 0.717) is 12.0 Å². The number of rotatable bonds is 3. The smallest absolute Gasteiger partial charge is 0.167 e. The van der Waals surface area contributed by atoms with Crippen molar-refractivity contribution in [1.82, 2.24) is 0 Å². The van der Waals surface area contributed by atoms with Gasteiger partial charge in [-0.1, -0.05) is 60.7 Å². The van der Waals surface area contributed by atoms with Gasteiger partial charge in [0.25, 0.3) is 0 Å². The summed E-state index contributed by atoms with van der Waals surface area (Å²) < 4.78 is 0. The summed E-state index contributed by atoms with van der Waals surface area (Å²) in [7, 11) is 0. The molecular weight excluding hydrogens is 300 g/mol. The molecule has 3 nitrogen and oxygen atoms in total. The Bertz CT molecular complexity index is 792. The minimum atomic E-state index is -0.494. The highest BCUT2D eigenvalue weighted by atomic mass is 16.1. The Morgan fingerprint density at radius 3 is 2.00 bits per heavy atom. The van der Waals surface area contributed by atoms with E-state index in [2.05, 4.69) is 0 Å². The summed E-state index contributed by atoms with van der Waals surface area (Å²) in [5.74, 6) is -1.30. The Kier molecular flexibility index (Phi) is 3.64. The van der Waals surface area contributed by atoms with Crippen molar-refractivity contribution in [2.24, 2.45) is 17.8 Å². The van der Waals surface area contributed by atoms with Crippen molar-refractivity contribution in [1.29, 1.82) is 0 Å². The number of hydrogen-bond acceptors (Lipinski definition) is 3. The number of fused-ring (bicyclic) bond motifs is 1. The molecule has 0 saturated heterocycles. The molecule has 0 unspecified atom stereocenters. The van der Waals surface area contributed by atoms with Crippen molar-refractivity contribution in [2.75, 3.05) is 0 Å². The molecule has 4 rings (SSSR count).